The summed E-state index contributed by atoms with van der Waals surface area (Å²) in [6.07, 6.45) is 0.842. The number of aliphatic carboxylic acids is 1. The number of carboxylic acid groups (broad SMARTS) is 1. The molecule has 1 aromatic rings. The molecule has 0 aromatic carbocycles. The van der Waals surface area contributed by atoms with E-state index in [0.717, 1.165) is 32.4 Å². The fourth-order valence-electron chi connectivity index (χ4n) is 5.90. The molecule has 21 nitrogen and oxygen atoms in total. The average Bonchev–Trinajstić information content (AvgIpc) is 3.10. The number of carbonyl (C=O) groups is 6. The van der Waals surface area contributed by atoms with Crippen molar-refractivity contribution >= 4 is 47.1 Å². The predicted octanol–water partition coefficient (Wildman–Crippen LogP) is -0.990. The summed E-state index contributed by atoms with van der Waals surface area (Å²) in [7, 11) is 0. The van der Waals surface area contributed by atoms with Crippen molar-refractivity contribution in [2.45, 2.75) is 110 Å². The zero-order chi connectivity index (χ0) is 39.6. The third-order valence-electron chi connectivity index (χ3n) is 8.87. The third-order valence-corrected chi connectivity index (χ3v) is 9.24. The highest BCUT2D eigenvalue weighted by Gasteiger charge is 2.53. The first-order valence-electron chi connectivity index (χ1n) is 17.1. The third kappa shape index (κ3) is 10.8. The van der Waals surface area contributed by atoms with Gasteiger partial charge in [0.25, 0.3) is 5.91 Å². The van der Waals surface area contributed by atoms with Crippen LogP contribution in [0, 0.1) is 0 Å². The fraction of sp³-hybridized carbons (Fsp3) is 0.645. The molecule has 22 heteroatoms. The highest BCUT2D eigenvalue weighted by Crippen LogP contribution is 2.38. The Kier molecular flexibility index (Phi) is 15.5. The number of unbranched alkanes of at least 4 members (excludes halogenated alkanes) is 3. The molecule has 3 heterocycles. The number of aromatic nitrogens is 3. The fourth-order valence-corrected chi connectivity index (χ4v) is 6.18. The maximum Gasteiger partial charge on any atom is 0.353 e. The zero-order valence-electron chi connectivity index (χ0n) is 29.4. The molecule has 2 aliphatic heterocycles. The van der Waals surface area contributed by atoms with Crippen molar-refractivity contribution in [1.82, 2.24) is 39.1 Å². The van der Waals surface area contributed by atoms with Crippen LogP contribution in [0.1, 0.15) is 78.1 Å². The van der Waals surface area contributed by atoms with Crippen LogP contribution in [0.3, 0.4) is 0 Å². The van der Waals surface area contributed by atoms with Crippen molar-refractivity contribution < 1.29 is 49.5 Å². The van der Waals surface area contributed by atoms with Crippen LogP contribution in [0.2, 0.25) is 0 Å². The summed E-state index contributed by atoms with van der Waals surface area (Å²) in [4.78, 5) is 112. The number of hydroxylamine groups is 6. The quantitative estimate of drug-likeness (QED) is 0.0462. The lowest BCUT2D eigenvalue weighted by atomic mass is 9.86. The average molecular weight is 773 g/mol. The van der Waals surface area contributed by atoms with Gasteiger partial charge in [-0.1, -0.05) is 11.6 Å². The molecule has 0 radical (unpaired) electrons. The Morgan fingerprint density at radius 1 is 0.717 bits per heavy atom. The Balaban J connectivity index is 1.55. The molecular formula is C31H45ClN8O13. The second-order valence-electron chi connectivity index (χ2n) is 12.6. The zero-order valence-corrected chi connectivity index (χ0v) is 30.2. The topological polar surface area (TPSA) is 274 Å². The van der Waals surface area contributed by atoms with Crippen molar-refractivity contribution in [1.29, 1.82) is 0 Å². The molecule has 2 atom stereocenters. The predicted molar refractivity (Wildman–Crippen MR) is 180 cm³/mol. The molecule has 0 bridgehead atoms. The molecule has 0 spiro atoms. The van der Waals surface area contributed by atoms with Crippen LogP contribution in [0.15, 0.2) is 25.1 Å². The van der Waals surface area contributed by atoms with Gasteiger partial charge in [-0.2, -0.15) is 0 Å². The number of rotatable bonds is 20. The Morgan fingerprint density at radius 3 is 1.57 bits per heavy atom. The first kappa shape index (κ1) is 42.6. The van der Waals surface area contributed by atoms with Crippen LogP contribution in [0.4, 0.5) is 0 Å². The molecule has 3 rings (SSSR count). The van der Waals surface area contributed by atoms with Crippen molar-refractivity contribution in [3.63, 3.8) is 0 Å². The number of halogens is 1. The number of β-lactam (4-membered cyclic amide) rings is 1. The highest BCUT2D eigenvalue weighted by molar-refractivity contribution is 6.32. The second-order valence-corrected chi connectivity index (χ2v) is 13.1. The van der Waals surface area contributed by atoms with Gasteiger partial charge in [0.15, 0.2) is 0 Å². The van der Waals surface area contributed by atoms with Crippen molar-refractivity contribution in [3.05, 3.63) is 42.2 Å². The van der Waals surface area contributed by atoms with Crippen molar-refractivity contribution in [2.24, 2.45) is 0 Å². The Labute approximate surface area is 307 Å². The van der Waals surface area contributed by atoms with E-state index < -0.39 is 71.1 Å². The number of hydrogen-bond donors (Lipinski definition) is 5. The van der Waals surface area contributed by atoms with Crippen LogP contribution < -0.4 is 22.4 Å². The summed E-state index contributed by atoms with van der Waals surface area (Å²) in [6, 6.07) is -1.56. The SMILES string of the molecule is CC(=O)N(O)CCCCn1c(=O)n(CCCCN(O)C(C)=O)c(=O)n(CCCCN(O)C(=O)CCC(=O)N[C@@H]2C(=O)N3C(C(=O)O)=C(Cl)CC[C@H]23)c1=O. The maximum atomic E-state index is 13.3. The van der Waals surface area contributed by atoms with E-state index in [1.807, 2.05) is 0 Å². The van der Waals surface area contributed by atoms with E-state index in [1.54, 1.807) is 0 Å². The van der Waals surface area contributed by atoms with E-state index in [4.69, 9.17) is 11.6 Å². The van der Waals surface area contributed by atoms with E-state index in [0.29, 0.717) is 21.6 Å². The number of allylic oxidation sites excluding steroid dienone is 1. The molecule has 5 N–H and O–H groups in total. The first-order valence-corrected chi connectivity index (χ1v) is 17.5. The molecule has 1 fully saturated rings. The van der Waals surface area contributed by atoms with Gasteiger partial charge in [0.1, 0.15) is 11.7 Å². The molecular weight excluding hydrogens is 728 g/mol. The largest absolute Gasteiger partial charge is 0.477 e. The van der Waals surface area contributed by atoms with Gasteiger partial charge < -0.3 is 10.4 Å². The molecule has 53 heavy (non-hydrogen) atoms. The van der Waals surface area contributed by atoms with Crippen molar-refractivity contribution in [3.8, 4) is 0 Å². The number of carbonyl (C=O) groups excluding carboxylic acids is 5. The van der Waals surface area contributed by atoms with E-state index in [2.05, 4.69) is 5.32 Å². The molecule has 2 aliphatic rings. The van der Waals surface area contributed by atoms with Gasteiger partial charge in [-0.15, -0.1) is 0 Å². The molecule has 0 unspecified atom stereocenters. The number of nitrogens with one attached hydrogen (secondary N) is 1. The first-order chi connectivity index (χ1) is 25.0. The minimum absolute atomic E-state index is 0.0395. The van der Waals surface area contributed by atoms with Crippen molar-refractivity contribution in [2.75, 3.05) is 19.6 Å². The minimum Gasteiger partial charge on any atom is -0.477 e. The lowest BCUT2D eigenvalue weighted by Crippen LogP contribution is -2.71. The van der Waals surface area contributed by atoms with Gasteiger partial charge >= 0.3 is 23.0 Å². The summed E-state index contributed by atoms with van der Waals surface area (Å²) in [5.74, 6) is -4.64. The summed E-state index contributed by atoms with van der Waals surface area (Å²) < 4.78 is 2.56. The lowest BCUT2D eigenvalue weighted by Gasteiger charge is -2.49. The van der Waals surface area contributed by atoms with Gasteiger partial charge in [-0.3, -0.25) is 44.5 Å². The monoisotopic (exact) mass is 772 g/mol. The van der Waals surface area contributed by atoms with E-state index in [-0.39, 0.29) is 101 Å². The van der Waals surface area contributed by atoms with Crippen LogP contribution in [-0.2, 0) is 48.4 Å². The number of amides is 5. The standard InChI is InChI=1S/C31H45ClN8O13/c1-19(41)37(51)16-6-3-13-34-29(48)35(14-4-7-17-38(52)20(2)42)31(50)36(30(34)49)15-5-8-18-39(53)24(44)12-11-23(43)33-25-22-10-9-21(32)26(28(46)47)40(22)27(25)45/h22,25,51-53H,3-18H2,1-2H3,(H,33,43)(H,46,47)/t22-,25+/m1/s1. The smallest absolute Gasteiger partial charge is 0.353 e. The molecule has 5 amide bonds. The Morgan fingerprint density at radius 2 is 1.15 bits per heavy atom. The number of fused-ring (bicyclic) bond motifs is 1. The summed E-state index contributed by atoms with van der Waals surface area (Å²) in [5, 5.41) is 42.7. The Bertz CT molecular complexity index is 1720. The number of nitrogens with zero attached hydrogens (tertiary/aromatic N) is 7. The molecule has 0 aliphatic carbocycles. The maximum absolute atomic E-state index is 13.3. The Hall–Kier alpha value is -4.86. The van der Waals surface area contributed by atoms with Gasteiger partial charge in [0.05, 0.1) is 6.04 Å². The summed E-state index contributed by atoms with van der Waals surface area (Å²) >= 11 is 5.96. The van der Waals surface area contributed by atoms with Crippen LogP contribution >= 0.6 is 11.6 Å². The van der Waals surface area contributed by atoms with Gasteiger partial charge in [-0.05, 0) is 51.4 Å². The molecule has 294 valence electrons. The molecule has 1 saturated heterocycles. The van der Waals surface area contributed by atoms with E-state index in [1.165, 1.54) is 0 Å². The highest BCUT2D eigenvalue weighted by atomic mass is 35.5. The van der Waals surface area contributed by atoms with Crippen LogP contribution in [-0.4, -0.2) is 122 Å². The van der Waals surface area contributed by atoms with Crippen LogP contribution in [0.25, 0.3) is 0 Å². The van der Waals surface area contributed by atoms with Crippen LogP contribution in [0.5, 0.6) is 0 Å². The number of hydrogen-bond acceptors (Lipinski definition) is 12. The summed E-state index contributed by atoms with van der Waals surface area (Å²) in [6.45, 7) is 1.55. The number of carboxylic acids is 1. The van der Waals surface area contributed by atoms with E-state index >= 15 is 0 Å². The van der Waals surface area contributed by atoms with Gasteiger partial charge in [0, 0.05) is 71.0 Å². The van der Waals surface area contributed by atoms with E-state index in [9.17, 15) is 63.9 Å². The van der Waals surface area contributed by atoms with Gasteiger partial charge in [0.2, 0.25) is 23.6 Å². The molecule has 1 aromatic heterocycles. The lowest BCUT2D eigenvalue weighted by molar-refractivity contribution is -0.166. The normalized spacial score (nSPS) is 16.5. The second kappa shape index (κ2) is 19.3. The molecule has 0 saturated carbocycles. The summed E-state index contributed by atoms with van der Waals surface area (Å²) in [5.41, 5.74) is -3.00. The van der Waals surface area contributed by atoms with Gasteiger partial charge in [-0.25, -0.2) is 48.1 Å². The minimum atomic E-state index is -1.36.